The molecule has 3 N–H and O–H groups in total. The predicted molar refractivity (Wildman–Crippen MR) is 79.3 cm³/mol. The molecule has 0 unspecified atom stereocenters. The third-order valence-electron chi connectivity index (χ3n) is 2.85. The van der Waals surface area contributed by atoms with Gasteiger partial charge >= 0.3 is 0 Å². The van der Waals surface area contributed by atoms with Crippen molar-refractivity contribution in [3.05, 3.63) is 42.6 Å². The zero-order valence-corrected chi connectivity index (χ0v) is 11.1. The van der Waals surface area contributed by atoms with E-state index in [0.717, 1.165) is 25.3 Å². The van der Waals surface area contributed by atoms with Gasteiger partial charge in [-0.1, -0.05) is 18.2 Å². The normalized spacial score (nSPS) is 10.2. The topological polar surface area (TPSA) is 67.1 Å². The summed E-state index contributed by atoms with van der Waals surface area (Å²) in [6.07, 6.45) is 2.68. The SMILES string of the molecule is CN(CCCNc1ccnc(N)n1)c1ccccc1. The van der Waals surface area contributed by atoms with Crippen molar-refractivity contribution in [1.29, 1.82) is 0 Å². The molecule has 1 aromatic heterocycles. The minimum absolute atomic E-state index is 0.298. The van der Waals surface area contributed by atoms with Crippen LogP contribution in [0, 0.1) is 0 Å². The van der Waals surface area contributed by atoms with Crippen molar-refractivity contribution in [2.75, 3.05) is 36.1 Å². The predicted octanol–water partition coefficient (Wildman–Crippen LogP) is 2.00. The van der Waals surface area contributed by atoms with Crippen LogP contribution in [-0.2, 0) is 0 Å². The van der Waals surface area contributed by atoms with Gasteiger partial charge in [0.25, 0.3) is 0 Å². The number of nitrogens with two attached hydrogens (primary N) is 1. The molecule has 0 aliphatic heterocycles. The summed E-state index contributed by atoms with van der Waals surface area (Å²) in [5, 5.41) is 3.23. The first kappa shape index (κ1) is 13.1. The Bertz CT molecular complexity index is 500. The Kier molecular flexibility index (Phi) is 4.55. The molecule has 100 valence electrons. The van der Waals surface area contributed by atoms with Crippen molar-refractivity contribution in [2.45, 2.75) is 6.42 Å². The first-order chi connectivity index (χ1) is 9.25. The Hall–Kier alpha value is -2.30. The maximum Gasteiger partial charge on any atom is 0.221 e. The van der Waals surface area contributed by atoms with Gasteiger partial charge in [0.05, 0.1) is 0 Å². The lowest BCUT2D eigenvalue weighted by molar-refractivity contribution is 0.814. The fourth-order valence-electron chi connectivity index (χ4n) is 1.82. The van der Waals surface area contributed by atoms with E-state index in [1.807, 2.05) is 24.3 Å². The highest BCUT2D eigenvalue weighted by molar-refractivity contribution is 5.45. The number of nitrogens with one attached hydrogen (secondary N) is 1. The molecule has 0 aliphatic rings. The van der Waals surface area contributed by atoms with E-state index in [-0.39, 0.29) is 0 Å². The molecular weight excluding hydrogens is 238 g/mol. The number of hydrogen-bond acceptors (Lipinski definition) is 5. The molecule has 0 radical (unpaired) electrons. The molecule has 0 amide bonds. The van der Waals surface area contributed by atoms with E-state index in [1.165, 1.54) is 5.69 Å². The molecule has 19 heavy (non-hydrogen) atoms. The van der Waals surface area contributed by atoms with Crippen LogP contribution in [0.5, 0.6) is 0 Å². The summed E-state index contributed by atoms with van der Waals surface area (Å²) < 4.78 is 0. The number of hydrogen-bond donors (Lipinski definition) is 2. The molecular formula is C14H19N5. The smallest absolute Gasteiger partial charge is 0.221 e. The Morgan fingerprint density at radius 3 is 2.74 bits per heavy atom. The van der Waals surface area contributed by atoms with Crippen molar-refractivity contribution in [2.24, 2.45) is 0 Å². The first-order valence-corrected chi connectivity index (χ1v) is 6.34. The Labute approximate surface area is 113 Å². The lowest BCUT2D eigenvalue weighted by Crippen LogP contribution is -2.20. The van der Waals surface area contributed by atoms with Crippen LogP contribution in [0.3, 0.4) is 0 Å². The van der Waals surface area contributed by atoms with E-state index < -0.39 is 0 Å². The highest BCUT2D eigenvalue weighted by Crippen LogP contribution is 2.11. The molecule has 0 saturated heterocycles. The van der Waals surface area contributed by atoms with Gasteiger partial charge in [0.2, 0.25) is 5.95 Å². The molecule has 0 fully saturated rings. The zero-order valence-electron chi connectivity index (χ0n) is 11.1. The zero-order chi connectivity index (χ0) is 13.5. The fraction of sp³-hybridized carbons (Fsp3) is 0.286. The average Bonchev–Trinajstić information content (AvgIpc) is 2.44. The van der Waals surface area contributed by atoms with E-state index in [9.17, 15) is 0 Å². The van der Waals surface area contributed by atoms with Crippen LogP contribution >= 0.6 is 0 Å². The summed E-state index contributed by atoms with van der Waals surface area (Å²) in [7, 11) is 2.10. The van der Waals surface area contributed by atoms with Gasteiger partial charge in [-0.3, -0.25) is 0 Å². The van der Waals surface area contributed by atoms with Gasteiger partial charge in [0, 0.05) is 32.0 Å². The van der Waals surface area contributed by atoms with Crippen LogP contribution < -0.4 is 16.0 Å². The van der Waals surface area contributed by atoms with Gasteiger partial charge in [0.1, 0.15) is 5.82 Å². The van der Waals surface area contributed by atoms with Crippen LogP contribution in [0.4, 0.5) is 17.5 Å². The van der Waals surface area contributed by atoms with Gasteiger partial charge in [0.15, 0.2) is 0 Å². The number of anilines is 3. The highest BCUT2D eigenvalue weighted by atomic mass is 15.1. The van der Waals surface area contributed by atoms with E-state index in [0.29, 0.717) is 5.95 Å². The number of rotatable bonds is 6. The van der Waals surface area contributed by atoms with Crippen LogP contribution in [0.15, 0.2) is 42.6 Å². The maximum atomic E-state index is 5.52. The summed E-state index contributed by atoms with van der Waals surface area (Å²) in [6, 6.07) is 12.2. The number of para-hydroxylation sites is 1. The molecule has 1 aromatic carbocycles. The molecule has 0 spiro atoms. The van der Waals surface area contributed by atoms with Crippen molar-refractivity contribution < 1.29 is 0 Å². The Morgan fingerprint density at radius 1 is 1.21 bits per heavy atom. The van der Waals surface area contributed by atoms with Crippen molar-refractivity contribution in [1.82, 2.24) is 9.97 Å². The molecule has 5 nitrogen and oxygen atoms in total. The Morgan fingerprint density at radius 2 is 2.00 bits per heavy atom. The van der Waals surface area contributed by atoms with Crippen LogP contribution in [0.25, 0.3) is 0 Å². The third kappa shape index (κ3) is 4.13. The third-order valence-corrected chi connectivity index (χ3v) is 2.85. The monoisotopic (exact) mass is 257 g/mol. The minimum Gasteiger partial charge on any atom is -0.375 e. The Balaban J connectivity index is 1.72. The second-order valence-corrected chi connectivity index (χ2v) is 4.34. The van der Waals surface area contributed by atoms with E-state index in [4.69, 9.17) is 5.73 Å². The van der Waals surface area contributed by atoms with Gasteiger partial charge in [-0.05, 0) is 24.6 Å². The van der Waals surface area contributed by atoms with Gasteiger partial charge in [-0.15, -0.1) is 0 Å². The van der Waals surface area contributed by atoms with Crippen molar-refractivity contribution >= 4 is 17.5 Å². The molecule has 0 bridgehead atoms. The lowest BCUT2D eigenvalue weighted by atomic mass is 10.3. The molecule has 0 aliphatic carbocycles. The number of aromatic nitrogens is 2. The van der Waals surface area contributed by atoms with Crippen LogP contribution in [0.2, 0.25) is 0 Å². The second kappa shape index (κ2) is 6.58. The minimum atomic E-state index is 0.298. The molecule has 0 atom stereocenters. The lowest BCUT2D eigenvalue weighted by Gasteiger charge is -2.19. The van der Waals surface area contributed by atoms with Crippen LogP contribution in [0.1, 0.15) is 6.42 Å². The summed E-state index contributed by atoms with van der Waals surface area (Å²) in [6.45, 7) is 1.84. The van der Waals surface area contributed by atoms with Crippen molar-refractivity contribution in [3.63, 3.8) is 0 Å². The number of nitrogen functional groups attached to an aromatic ring is 1. The van der Waals surface area contributed by atoms with E-state index >= 15 is 0 Å². The summed E-state index contributed by atoms with van der Waals surface area (Å²) >= 11 is 0. The molecule has 2 rings (SSSR count). The van der Waals surface area contributed by atoms with Gasteiger partial charge in [-0.25, -0.2) is 4.98 Å². The highest BCUT2D eigenvalue weighted by Gasteiger charge is 1.99. The quantitative estimate of drug-likeness (QED) is 0.775. The van der Waals surface area contributed by atoms with E-state index in [1.54, 1.807) is 6.20 Å². The first-order valence-electron chi connectivity index (χ1n) is 6.34. The summed E-state index contributed by atoms with van der Waals surface area (Å²) in [5.41, 5.74) is 6.75. The molecule has 1 heterocycles. The van der Waals surface area contributed by atoms with E-state index in [2.05, 4.69) is 39.4 Å². The molecule has 0 saturated carbocycles. The second-order valence-electron chi connectivity index (χ2n) is 4.34. The summed E-state index contributed by atoms with van der Waals surface area (Å²) in [5.74, 6) is 1.07. The number of nitrogens with zero attached hydrogens (tertiary/aromatic N) is 3. The standard InChI is InChI=1S/C14H19N5/c1-19(12-6-3-2-4-7-12)11-5-9-16-13-8-10-17-14(15)18-13/h2-4,6-8,10H,5,9,11H2,1H3,(H3,15,16,17,18). The van der Waals surface area contributed by atoms with Gasteiger partial charge in [-0.2, -0.15) is 4.98 Å². The number of benzene rings is 1. The maximum absolute atomic E-state index is 5.52. The fourth-order valence-corrected chi connectivity index (χ4v) is 1.82. The summed E-state index contributed by atoms with van der Waals surface area (Å²) in [4.78, 5) is 10.2. The van der Waals surface area contributed by atoms with Crippen molar-refractivity contribution in [3.8, 4) is 0 Å². The van der Waals surface area contributed by atoms with Crippen LogP contribution in [-0.4, -0.2) is 30.1 Å². The molecule has 2 aromatic rings. The molecule has 5 heteroatoms. The largest absolute Gasteiger partial charge is 0.375 e. The van der Waals surface area contributed by atoms with Gasteiger partial charge < -0.3 is 16.0 Å². The average molecular weight is 257 g/mol.